The summed E-state index contributed by atoms with van der Waals surface area (Å²) in [5, 5.41) is 17.5. The molecule has 0 bridgehead atoms. The van der Waals surface area contributed by atoms with Gasteiger partial charge in [-0.25, -0.2) is 0 Å². The van der Waals surface area contributed by atoms with Crippen LogP contribution in [0.3, 0.4) is 0 Å². The van der Waals surface area contributed by atoms with Crippen molar-refractivity contribution in [3.8, 4) is 0 Å². The predicted octanol–water partition coefficient (Wildman–Crippen LogP) is 2.70. The molecule has 0 aliphatic rings. The Balaban J connectivity index is 2.69. The summed E-state index contributed by atoms with van der Waals surface area (Å²) >= 11 is 0. The average Bonchev–Trinajstić information content (AvgIpc) is 2.16. The number of benzene rings is 1. The average molecular weight is 193 g/mol. The van der Waals surface area contributed by atoms with E-state index in [1.807, 2.05) is 19.1 Å². The number of hydrogen-bond acceptors (Lipinski definition) is 4. The van der Waals surface area contributed by atoms with E-state index in [9.17, 15) is 10.1 Å². The molecule has 1 atom stereocenters. The lowest BCUT2D eigenvalue weighted by atomic mass is 10.2. The van der Waals surface area contributed by atoms with Gasteiger partial charge in [-0.2, -0.15) is 0 Å². The fourth-order valence-corrected chi connectivity index (χ4v) is 0.804. The Morgan fingerprint density at radius 2 is 1.93 bits per heavy atom. The first-order valence-corrected chi connectivity index (χ1v) is 4.20. The lowest BCUT2D eigenvalue weighted by Crippen LogP contribution is -2.10. The topological polar surface area (TPSA) is 67.9 Å². The van der Waals surface area contributed by atoms with Crippen LogP contribution in [0.25, 0.3) is 0 Å². The third-order valence-corrected chi connectivity index (χ3v) is 1.68. The highest BCUT2D eigenvalue weighted by Crippen LogP contribution is 2.13. The zero-order valence-corrected chi connectivity index (χ0v) is 8.04. The summed E-state index contributed by atoms with van der Waals surface area (Å²) in [6.07, 6.45) is -0.990. The van der Waals surface area contributed by atoms with E-state index in [1.54, 1.807) is 12.1 Å². The Labute approximate surface area is 81.6 Å². The first-order valence-electron chi connectivity index (χ1n) is 4.20. The molecule has 14 heavy (non-hydrogen) atoms. The molecule has 5 nitrogen and oxygen atoms in total. The van der Waals surface area contributed by atoms with Crippen molar-refractivity contribution < 1.29 is 4.92 Å². The van der Waals surface area contributed by atoms with Crippen LogP contribution in [0.1, 0.15) is 12.5 Å². The summed E-state index contributed by atoms with van der Waals surface area (Å²) < 4.78 is 0. The van der Waals surface area contributed by atoms with Crippen molar-refractivity contribution in [2.24, 2.45) is 10.2 Å². The Morgan fingerprint density at radius 3 is 2.43 bits per heavy atom. The summed E-state index contributed by atoms with van der Waals surface area (Å²) in [7, 11) is 0. The number of aryl methyl sites for hydroxylation is 1. The Morgan fingerprint density at radius 1 is 1.36 bits per heavy atom. The van der Waals surface area contributed by atoms with Crippen LogP contribution in [0.5, 0.6) is 0 Å². The van der Waals surface area contributed by atoms with Crippen LogP contribution in [0.4, 0.5) is 5.69 Å². The molecule has 0 amide bonds. The molecule has 0 saturated heterocycles. The summed E-state index contributed by atoms with van der Waals surface area (Å²) in [5.41, 5.74) is 1.75. The minimum Gasteiger partial charge on any atom is -0.262 e. The SMILES string of the molecule is Cc1ccc(N=NC(C)[N+](=O)[O-])cc1. The minimum atomic E-state index is -0.990. The number of rotatable bonds is 3. The van der Waals surface area contributed by atoms with Gasteiger partial charge in [0, 0.05) is 11.8 Å². The second kappa shape index (κ2) is 4.45. The van der Waals surface area contributed by atoms with E-state index in [2.05, 4.69) is 10.2 Å². The maximum atomic E-state index is 10.2. The van der Waals surface area contributed by atoms with Gasteiger partial charge in [0.15, 0.2) is 0 Å². The van der Waals surface area contributed by atoms with Crippen molar-refractivity contribution >= 4 is 5.69 Å². The van der Waals surface area contributed by atoms with E-state index in [0.29, 0.717) is 5.69 Å². The largest absolute Gasteiger partial charge is 0.318 e. The van der Waals surface area contributed by atoms with Crippen molar-refractivity contribution in [1.82, 2.24) is 0 Å². The fraction of sp³-hybridized carbons (Fsp3) is 0.333. The van der Waals surface area contributed by atoms with Gasteiger partial charge in [0.2, 0.25) is 0 Å². The molecule has 1 rings (SSSR count). The smallest absolute Gasteiger partial charge is 0.262 e. The van der Waals surface area contributed by atoms with Gasteiger partial charge in [-0.05, 0) is 19.1 Å². The van der Waals surface area contributed by atoms with Gasteiger partial charge in [-0.1, -0.05) is 17.7 Å². The van der Waals surface area contributed by atoms with Crippen LogP contribution in [0.2, 0.25) is 0 Å². The van der Waals surface area contributed by atoms with Crippen molar-refractivity contribution in [2.75, 3.05) is 0 Å². The number of hydrogen-bond donors (Lipinski definition) is 0. The molecule has 0 heterocycles. The first kappa shape index (κ1) is 10.3. The zero-order chi connectivity index (χ0) is 10.6. The molecule has 74 valence electrons. The van der Waals surface area contributed by atoms with Crippen LogP contribution in [0.15, 0.2) is 34.5 Å². The predicted molar refractivity (Wildman–Crippen MR) is 52.2 cm³/mol. The van der Waals surface area contributed by atoms with Gasteiger partial charge >= 0.3 is 6.17 Å². The maximum absolute atomic E-state index is 10.2. The van der Waals surface area contributed by atoms with Crippen LogP contribution in [0, 0.1) is 17.0 Å². The van der Waals surface area contributed by atoms with Crippen molar-refractivity contribution in [1.29, 1.82) is 0 Å². The Kier molecular flexibility index (Phi) is 3.28. The molecule has 1 aromatic carbocycles. The normalized spacial score (nSPS) is 13.0. The van der Waals surface area contributed by atoms with Crippen LogP contribution in [-0.4, -0.2) is 11.1 Å². The fourth-order valence-electron chi connectivity index (χ4n) is 0.804. The monoisotopic (exact) mass is 193 g/mol. The van der Waals surface area contributed by atoms with E-state index < -0.39 is 11.1 Å². The molecule has 0 N–H and O–H groups in total. The number of azo groups is 1. The molecular formula is C9H11N3O2. The summed E-state index contributed by atoms with van der Waals surface area (Å²) in [5.74, 6) is 0. The van der Waals surface area contributed by atoms with E-state index >= 15 is 0 Å². The lowest BCUT2D eigenvalue weighted by Gasteiger charge is -1.95. The molecule has 0 aromatic heterocycles. The summed E-state index contributed by atoms with van der Waals surface area (Å²) in [6.45, 7) is 3.35. The molecule has 1 aromatic rings. The molecule has 1 unspecified atom stereocenters. The van der Waals surface area contributed by atoms with Gasteiger partial charge < -0.3 is 0 Å². The third kappa shape index (κ3) is 2.93. The van der Waals surface area contributed by atoms with Gasteiger partial charge in [-0.3, -0.25) is 10.1 Å². The van der Waals surface area contributed by atoms with Crippen LogP contribution >= 0.6 is 0 Å². The molecule has 0 radical (unpaired) electrons. The van der Waals surface area contributed by atoms with Gasteiger partial charge in [0.25, 0.3) is 0 Å². The van der Waals surface area contributed by atoms with E-state index in [0.717, 1.165) is 5.56 Å². The van der Waals surface area contributed by atoms with Crippen molar-refractivity contribution in [3.05, 3.63) is 39.9 Å². The second-order valence-corrected chi connectivity index (χ2v) is 2.97. The van der Waals surface area contributed by atoms with Crippen LogP contribution in [-0.2, 0) is 0 Å². The van der Waals surface area contributed by atoms with E-state index in [4.69, 9.17) is 0 Å². The first-order chi connectivity index (χ1) is 6.59. The molecule has 0 aliphatic carbocycles. The lowest BCUT2D eigenvalue weighted by molar-refractivity contribution is -0.517. The Bertz CT molecular complexity index is 346. The maximum Gasteiger partial charge on any atom is 0.318 e. The number of nitro groups is 1. The second-order valence-electron chi connectivity index (χ2n) is 2.97. The van der Waals surface area contributed by atoms with Crippen molar-refractivity contribution in [2.45, 2.75) is 20.0 Å². The standard InChI is InChI=1S/C9H11N3O2/c1-7-3-5-9(6-4-7)11-10-8(2)12(13)14/h3-6,8H,1-2H3. The Hall–Kier alpha value is -1.78. The van der Waals surface area contributed by atoms with E-state index in [-0.39, 0.29) is 0 Å². The van der Waals surface area contributed by atoms with Gasteiger partial charge in [0.1, 0.15) is 0 Å². The highest BCUT2D eigenvalue weighted by molar-refractivity contribution is 5.37. The zero-order valence-electron chi connectivity index (χ0n) is 8.04. The van der Waals surface area contributed by atoms with Crippen LogP contribution < -0.4 is 0 Å². The summed E-state index contributed by atoms with van der Waals surface area (Å²) in [6, 6.07) is 7.30. The molecule has 0 fully saturated rings. The highest BCUT2D eigenvalue weighted by Gasteiger charge is 2.08. The molecular weight excluding hydrogens is 182 g/mol. The van der Waals surface area contributed by atoms with E-state index in [1.165, 1.54) is 6.92 Å². The summed E-state index contributed by atoms with van der Waals surface area (Å²) in [4.78, 5) is 9.74. The number of nitrogens with zero attached hydrogens (tertiary/aromatic N) is 3. The molecule has 0 saturated carbocycles. The molecule has 0 spiro atoms. The van der Waals surface area contributed by atoms with Gasteiger partial charge in [0.05, 0.1) is 5.69 Å². The minimum absolute atomic E-state index is 0.488. The van der Waals surface area contributed by atoms with Crippen molar-refractivity contribution in [3.63, 3.8) is 0 Å². The van der Waals surface area contributed by atoms with Gasteiger partial charge in [-0.15, -0.1) is 10.2 Å². The third-order valence-electron chi connectivity index (χ3n) is 1.68. The molecule has 5 heteroatoms. The highest BCUT2D eigenvalue weighted by atomic mass is 16.6. The molecule has 0 aliphatic heterocycles. The quantitative estimate of drug-likeness (QED) is 0.420.